The monoisotopic (exact) mass is 309 g/mol. The Kier molecular flexibility index (Phi) is 4.34. The predicted octanol–water partition coefficient (Wildman–Crippen LogP) is 4.71. The predicted molar refractivity (Wildman–Crippen MR) is 95.2 cm³/mol. The van der Waals surface area contributed by atoms with E-state index in [0.717, 1.165) is 35.4 Å². The van der Waals surface area contributed by atoms with Gasteiger partial charge in [-0.25, -0.2) is 0 Å². The lowest BCUT2D eigenvalue weighted by molar-refractivity contribution is -0.113. The van der Waals surface area contributed by atoms with Crippen LogP contribution in [0.15, 0.2) is 53.4 Å². The molecule has 0 aromatic heterocycles. The lowest BCUT2D eigenvalue weighted by Crippen LogP contribution is -2.26. The fraction of sp³-hybridized carbons (Fsp3) is 0.211. The molecule has 0 bridgehead atoms. The normalized spacial score (nSPS) is 15.5. The number of amides is 1. The molecule has 0 saturated heterocycles. The van der Waals surface area contributed by atoms with E-state index in [1.54, 1.807) is 11.8 Å². The Bertz CT molecular complexity index is 718. The van der Waals surface area contributed by atoms with Crippen molar-refractivity contribution in [2.75, 3.05) is 17.7 Å². The molecule has 1 aliphatic rings. The first-order chi connectivity index (χ1) is 10.7. The summed E-state index contributed by atoms with van der Waals surface area (Å²) < 4.78 is 0. The standard InChI is InChI=1S/C19H19NOS/c1-3-12-20-18-7-5-4-6-16(18)17(19(20)21)13-14-8-10-15(22-2)11-9-14/h4-11,13H,3,12H2,1-2H3/b17-13-. The lowest BCUT2D eigenvalue weighted by Gasteiger charge is -2.15. The summed E-state index contributed by atoms with van der Waals surface area (Å²) in [7, 11) is 0. The van der Waals surface area contributed by atoms with Gasteiger partial charge in [0.1, 0.15) is 0 Å². The maximum atomic E-state index is 12.7. The summed E-state index contributed by atoms with van der Waals surface area (Å²) in [6.45, 7) is 2.86. The zero-order valence-corrected chi connectivity index (χ0v) is 13.7. The Labute approximate surface area is 135 Å². The van der Waals surface area contributed by atoms with Gasteiger partial charge in [-0.1, -0.05) is 37.3 Å². The highest BCUT2D eigenvalue weighted by molar-refractivity contribution is 7.98. The molecule has 0 aliphatic carbocycles. The van der Waals surface area contributed by atoms with E-state index in [-0.39, 0.29) is 5.91 Å². The van der Waals surface area contributed by atoms with Crippen LogP contribution in [0.1, 0.15) is 24.5 Å². The minimum Gasteiger partial charge on any atom is -0.308 e. The van der Waals surface area contributed by atoms with Crippen LogP contribution in [0.5, 0.6) is 0 Å². The SMILES string of the molecule is CCCN1C(=O)/C(=C\c2ccc(SC)cc2)c2ccccc21. The van der Waals surface area contributed by atoms with Crippen molar-refractivity contribution in [3.8, 4) is 0 Å². The quantitative estimate of drug-likeness (QED) is 0.602. The zero-order valence-electron chi connectivity index (χ0n) is 12.9. The van der Waals surface area contributed by atoms with Gasteiger partial charge in [0.2, 0.25) is 0 Å². The number of hydrogen-bond acceptors (Lipinski definition) is 2. The number of carbonyl (C=O) groups is 1. The average Bonchev–Trinajstić information content (AvgIpc) is 2.82. The molecule has 2 nitrogen and oxygen atoms in total. The Morgan fingerprint density at radius 2 is 1.82 bits per heavy atom. The third-order valence-electron chi connectivity index (χ3n) is 3.83. The van der Waals surface area contributed by atoms with Crippen molar-refractivity contribution in [3.05, 3.63) is 59.7 Å². The van der Waals surface area contributed by atoms with E-state index in [1.165, 1.54) is 4.90 Å². The van der Waals surface area contributed by atoms with Gasteiger partial charge in [-0.2, -0.15) is 0 Å². The van der Waals surface area contributed by atoms with E-state index in [4.69, 9.17) is 0 Å². The van der Waals surface area contributed by atoms with Gasteiger partial charge < -0.3 is 4.90 Å². The van der Waals surface area contributed by atoms with E-state index in [2.05, 4.69) is 37.4 Å². The van der Waals surface area contributed by atoms with Crippen molar-refractivity contribution >= 4 is 35.0 Å². The Morgan fingerprint density at radius 1 is 1.09 bits per heavy atom. The van der Waals surface area contributed by atoms with E-state index < -0.39 is 0 Å². The van der Waals surface area contributed by atoms with Crippen LogP contribution in [0.25, 0.3) is 11.6 Å². The molecular weight excluding hydrogens is 290 g/mol. The van der Waals surface area contributed by atoms with Crippen molar-refractivity contribution in [2.24, 2.45) is 0 Å². The number of carbonyl (C=O) groups excluding carboxylic acids is 1. The molecule has 0 saturated carbocycles. The summed E-state index contributed by atoms with van der Waals surface area (Å²) in [5.74, 6) is 0.108. The molecule has 3 heteroatoms. The largest absolute Gasteiger partial charge is 0.308 e. The number of para-hydroxylation sites is 1. The Morgan fingerprint density at radius 3 is 2.50 bits per heavy atom. The fourth-order valence-electron chi connectivity index (χ4n) is 2.76. The molecule has 0 unspecified atom stereocenters. The van der Waals surface area contributed by atoms with Gasteiger partial charge >= 0.3 is 0 Å². The maximum Gasteiger partial charge on any atom is 0.258 e. The molecule has 1 amide bonds. The summed E-state index contributed by atoms with van der Waals surface area (Å²) in [5.41, 5.74) is 3.92. The molecule has 2 aromatic carbocycles. The number of fused-ring (bicyclic) bond motifs is 1. The van der Waals surface area contributed by atoms with Gasteiger partial charge in [0.05, 0.1) is 5.69 Å². The summed E-state index contributed by atoms with van der Waals surface area (Å²) in [4.78, 5) is 15.8. The number of rotatable bonds is 4. The third-order valence-corrected chi connectivity index (χ3v) is 4.58. The Hall–Kier alpha value is -2.00. The highest BCUT2D eigenvalue weighted by atomic mass is 32.2. The molecule has 22 heavy (non-hydrogen) atoms. The molecule has 3 rings (SSSR count). The molecule has 0 fully saturated rings. The van der Waals surface area contributed by atoms with Gasteiger partial charge in [-0.15, -0.1) is 11.8 Å². The average molecular weight is 309 g/mol. The van der Waals surface area contributed by atoms with Crippen LogP contribution in [-0.2, 0) is 4.79 Å². The number of nitrogens with zero attached hydrogens (tertiary/aromatic N) is 1. The molecule has 112 valence electrons. The van der Waals surface area contributed by atoms with Crippen LogP contribution >= 0.6 is 11.8 Å². The third kappa shape index (κ3) is 2.69. The molecular formula is C19H19NOS. The van der Waals surface area contributed by atoms with Crippen molar-refractivity contribution in [2.45, 2.75) is 18.2 Å². The Balaban J connectivity index is 2.02. The second kappa shape index (κ2) is 6.41. The zero-order chi connectivity index (χ0) is 15.5. The molecule has 0 atom stereocenters. The smallest absolute Gasteiger partial charge is 0.258 e. The lowest BCUT2D eigenvalue weighted by atomic mass is 10.0. The highest BCUT2D eigenvalue weighted by Crippen LogP contribution is 2.37. The van der Waals surface area contributed by atoms with Crippen LogP contribution in [0.4, 0.5) is 5.69 Å². The van der Waals surface area contributed by atoms with Crippen LogP contribution in [0.2, 0.25) is 0 Å². The highest BCUT2D eigenvalue weighted by Gasteiger charge is 2.31. The summed E-state index contributed by atoms with van der Waals surface area (Å²) >= 11 is 1.72. The van der Waals surface area contributed by atoms with Gasteiger partial charge in [0, 0.05) is 22.6 Å². The molecule has 2 aromatic rings. The van der Waals surface area contributed by atoms with Crippen LogP contribution in [0.3, 0.4) is 0 Å². The van der Waals surface area contributed by atoms with Crippen molar-refractivity contribution < 1.29 is 4.79 Å². The van der Waals surface area contributed by atoms with Gasteiger partial charge in [0.15, 0.2) is 0 Å². The fourth-order valence-corrected chi connectivity index (χ4v) is 3.17. The number of benzene rings is 2. The summed E-state index contributed by atoms with van der Waals surface area (Å²) in [6.07, 6.45) is 5.02. The van der Waals surface area contributed by atoms with Crippen molar-refractivity contribution in [1.82, 2.24) is 0 Å². The first kappa shape index (κ1) is 14.9. The van der Waals surface area contributed by atoms with E-state index >= 15 is 0 Å². The topological polar surface area (TPSA) is 20.3 Å². The van der Waals surface area contributed by atoms with Gasteiger partial charge in [-0.05, 0) is 42.5 Å². The number of hydrogen-bond donors (Lipinski definition) is 0. The van der Waals surface area contributed by atoms with E-state index in [9.17, 15) is 4.79 Å². The van der Waals surface area contributed by atoms with Crippen molar-refractivity contribution in [3.63, 3.8) is 0 Å². The van der Waals surface area contributed by atoms with E-state index in [0.29, 0.717) is 0 Å². The number of anilines is 1. The van der Waals surface area contributed by atoms with Crippen molar-refractivity contribution in [1.29, 1.82) is 0 Å². The first-order valence-corrected chi connectivity index (χ1v) is 8.74. The second-order valence-corrected chi connectivity index (χ2v) is 6.18. The minimum absolute atomic E-state index is 0.108. The summed E-state index contributed by atoms with van der Waals surface area (Å²) in [6, 6.07) is 16.4. The molecule has 0 spiro atoms. The number of thioether (sulfide) groups is 1. The van der Waals surface area contributed by atoms with E-state index in [1.807, 2.05) is 35.2 Å². The van der Waals surface area contributed by atoms with Gasteiger partial charge in [-0.3, -0.25) is 4.79 Å². The minimum atomic E-state index is 0.108. The van der Waals surface area contributed by atoms with Crippen LogP contribution in [0, 0.1) is 0 Å². The second-order valence-electron chi connectivity index (χ2n) is 5.31. The van der Waals surface area contributed by atoms with Crippen LogP contribution in [-0.4, -0.2) is 18.7 Å². The summed E-state index contributed by atoms with van der Waals surface area (Å²) in [5, 5.41) is 0. The molecule has 0 radical (unpaired) electrons. The van der Waals surface area contributed by atoms with Crippen LogP contribution < -0.4 is 4.90 Å². The molecule has 0 N–H and O–H groups in total. The molecule has 1 aliphatic heterocycles. The van der Waals surface area contributed by atoms with Gasteiger partial charge in [0.25, 0.3) is 5.91 Å². The first-order valence-electron chi connectivity index (χ1n) is 7.51. The molecule has 1 heterocycles. The maximum absolute atomic E-state index is 12.7.